The van der Waals surface area contributed by atoms with Crippen molar-refractivity contribution in [3.05, 3.63) is 64.7 Å². The molecule has 42 heavy (non-hydrogen) atoms. The molecule has 1 saturated carbocycles. The van der Waals surface area contributed by atoms with Crippen molar-refractivity contribution in [2.24, 2.45) is 5.41 Å². The van der Waals surface area contributed by atoms with Gasteiger partial charge in [0, 0.05) is 5.69 Å². The van der Waals surface area contributed by atoms with Gasteiger partial charge in [0.2, 0.25) is 11.8 Å². The summed E-state index contributed by atoms with van der Waals surface area (Å²) in [4.78, 5) is 53.7. The molecule has 2 unspecified atom stereocenters. The molecule has 9 nitrogen and oxygen atoms in total. The van der Waals surface area contributed by atoms with Crippen LogP contribution < -0.4 is 10.2 Å². The highest BCUT2D eigenvalue weighted by atomic mass is 31.2. The molecular weight excluding hydrogens is 555 g/mol. The van der Waals surface area contributed by atoms with Crippen LogP contribution in [0.5, 0.6) is 0 Å². The van der Waals surface area contributed by atoms with E-state index in [9.17, 15) is 23.8 Å². The van der Waals surface area contributed by atoms with Gasteiger partial charge in [-0.2, -0.15) is 0 Å². The molecule has 0 spiro atoms. The molecule has 2 aromatic carbocycles. The standard InChI is InChI=1S/C32H41N2O7P/c1-3-40-28(35)21-34-27-13-6-5-10-23(27)16-17-26(30(34)36)33-31(37)32(18-7-8-19-32)29(42(38,39)41-4-2)25-15-14-22-11-9-12-24(22)20-25/h5-6,10,13-15,20,26,29H,3-4,7-9,11-12,16-19,21H2,1-2H3,(H,33,37)(H,38,39)/t26-,29?/m0/s1. The lowest BCUT2D eigenvalue weighted by Crippen LogP contribution is -2.54. The lowest BCUT2D eigenvalue weighted by molar-refractivity contribution is -0.142. The van der Waals surface area contributed by atoms with Gasteiger partial charge in [-0.05, 0) is 87.1 Å². The van der Waals surface area contributed by atoms with Crippen molar-refractivity contribution in [1.82, 2.24) is 5.32 Å². The van der Waals surface area contributed by atoms with Crippen molar-refractivity contribution in [1.29, 1.82) is 0 Å². The summed E-state index contributed by atoms with van der Waals surface area (Å²) in [6.45, 7) is 3.34. The Hall–Kier alpha value is -3.00. The predicted molar refractivity (Wildman–Crippen MR) is 159 cm³/mol. The molecule has 0 aromatic heterocycles. The maximum absolute atomic E-state index is 14.4. The molecule has 0 bridgehead atoms. The summed E-state index contributed by atoms with van der Waals surface area (Å²) in [5.74, 6) is -1.35. The number of para-hydroxylation sites is 1. The van der Waals surface area contributed by atoms with E-state index >= 15 is 0 Å². The van der Waals surface area contributed by atoms with Crippen LogP contribution in [0.15, 0.2) is 42.5 Å². The highest BCUT2D eigenvalue weighted by molar-refractivity contribution is 7.53. The van der Waals surface area contributed by atoms with Crippen molar-refractivity contribution in [2.45, 2.75) is 83.3 Å². The second-order valence-corrected chi connectivity index (χ2v) is 13.5. The van der Waals surface area contributed by atoms with Gasteiger partial charge in [-0.25, -0.2) is 0 Å². The van der Waals surface area contributed by atoms with E-state index < -0.39 is 42.5 Å². The van der Waals surface area contributed by atoms with Gasteiger partial charge < -0.3 is 19.5 Å². The largest absolute Gasteiger partial charge is 0.465 e. The number of benzene rings is 2. The summed E-state index contributed by atoms with van der Waals surface area (Å²) < 4.78 is 24.6. The van der Waals surface area contributed by atoms with E-state index in [0.717, 1.165) is 43.2 Å². The van der Waals surface area contributed by atoms with E-state index in [4.69, 9.17) is 9.26 Å². The number of nitrogens with one attached hydrogen (secondary N) is 1. The first kappa shape index (κ1) is 30.5. The van der Waals surface area contributed by atoms with Crippen molar-refractivity contribution < 1.29 is 33.1 Å². The Morgan fingerprint density at radius 2 is 1.76 bits per heavy atom. The van der Waals surface area contributed by atoms with Gasteiger partial charge in [-0.15, -0.1) is 0 Å². The fraction of sp³-hybridized carbons (Fsp3) is 0.531. The van der Waals surface area contributed by atoms with Crippen LogP contribution >= 0.6 is 7.60 Å². The van der Waals surface area contributed by atoms with Crippen molar-refractivity contribution in [3.63, 3.8) is 0 Å². The molecular formula is C32H41N2O7P. The average Bonchev–Trinajstić information content (AvgIpc) is 3.62. The second-order valence-electron chi connectivity index (χ2n) is 11.6. The first-order chi connectivity index (χ1) is 20.2. The minimum Gasteiger partial charge on any atom is -0.465 e. The molecule has 2 N–H and O–H groups in total. The predicted octanol–water partition coefficient (Wildman–Crippen LogP) is 5.03. The smallest absolute Gasteiger partial charge is 0.336 e. The average molecular weight is 597 g/mol. The zero-order valence-corrected chi connectivity index (χ0v) is 25.4. The number of fused-ring (bicyclic) bond motifs is 2. The molecule has 2 aromatic rings. The number of carbonyl (C=O) groups excluding carboxylic acids is 3. The number of aryl methyl sites for hydroxylation is 3. The number of hydrogen-bond acceptors (Lipinski definition) is 6. The molecule has 1 heterocycles. The van der Waals surface area contributed by atoms with Crippen molar-refractivity contribution in [3.8, 4) is 0 Å². The van der Waals surface area contributed by atoms with Crippen LogP contribution in [0.3, 0.4) is 0 Å². The number of ether oxygens (including phenoxy) is 1. The number of rotatable bonds is 10. The van der Waals surface area contributed by atoms with E-state index in [-0.39, 0.29) is 19.8 Å². The number of esters is 1. The minimum atomic E-state index is -4.30. The number of nitrogens with zero attached hydrogens (tertiary/aromatic N) is 1. The van der Waals surface area contributed by atoms with E-state index in [1.807, 2.05) is 36.4 Å². The van der Waals surface area contributed by atoms with Crippen LogP contribution in [0.2, 0.25) is 0 Å². The van der Waals surface area contributed by atoms with Gasteiger partial charge >= 0.3 is 13.6 Å². The topological polar surface area (TPSA) is 122 Å². The quantitative estimate of drug-likeness (QED) is 0.292. The Kier molecular flexibility index (Phi) is 9.21. The minimum absolute atomic E-state index is 0.0368. The first-order valence-electron chi connectivity index (χ1n) is 15.1. The van der Waals surface area contributed by atoms with Gasteiger partial charge in [-0.1, -0.05) is 49.2 Å². The van der Waals surface area contributed by atoms with E-state index in [0.29, 0.717) is 36.9 Å². The Labute approximate surface area is 247 Å². The van der Waals surface area contributed by atoms with Gasteiger partial charge in [0.1, 0.15) is 18.2 Å². The Balaban J connectivity index is 1.49. The molecule has 226 valence electrons. The summed E-state index contributed by atoms with van der Waals surface area (Å²) in [5, 5.41) is 3.01. The summed E-state index contributed by atoms with van der Waals surface area (Å²) in [6, 6.07) is 12.4. The van der Waals surface area contributed by atoms with Crippen LogP contribution in [-0.4, -0.2) is 48.5 Å². The normalized spacial score (nSPS) is 21.5. The van der Waals surface area contributed by atoms with Crippen molar-refractivity contribution >= 4 is 31.1 Å². The number of carbonyl (C=O) groups is 3. The summed E-state index contributed by atoms with van der Waals surface area (Å²) in [5.41, 5.74) is 2.25. The zero-order valence-electron chi connectivity index (χ0n) is 24.5. The lowest BCUT2D eigenvalue weighted by Gasteiger charge is -2.39. The Morgan fingerprint density at radius 3 is 2.50 bits per heavy atom. The number of hydrogen-bond donors (Lipinski definition) is 2. The van der Waals surface area contributed by atoms with Gasteiger partial charge in [-0.3, -0.25) is 23.8 Å². The maximum Gasteiger partial charge on any atom is 0.336 e. The Bertz CT molecular complexity index is 1390. The van der Waals surface area contributed by atoms with Gasteiger partial charge in [0.25, 0.3) is 0 Å². The second kappa shape index (κ2) is 12.7. The van der Waals surface area contributed by atoms with Crippen LogP contribution in [0, 0.1) is 5.41 Å². The van der Waals surface area contributed by atoms with E-state index in [2.05, 4.69) is 5.32 Å². The maximum atomic E-state index is 14.4. The summed E-state index contributed by atoms with van der Waals surface area (Å²) in [7, 11) is -4.30. The highest BCUT2D eigenvalue weighted by Gasteiger charge is 2.56. The monoisotopic (exact) mass is 596 g/mol. The third kappa shape index (κ3) is 5.92. The van der Waals surface area contributed by atoms with E-state index in [1.54, 1.807) is 19.9 Å². The molecule has 0 saturated heterocycles. The number of anilines is 1. The molecule has 3 atom stereocenters. The fourth-order valence-electron chi connectivity index (χ4n) is 7.12. The molecule has 10 heteroatoms. The zero-order chi connectivity index (χ0) is 29.9. The molecule has 5 rings (SSSR count). The molecule has 3 aliphatic rings. The van der Waals surface area contributed by atoms with Crippen LogP contribution in [-0.2, 0) is 47.5 Å². The van der Waals surface area contributed by atoms with Crippen LogP contribution in [0.1, 0.15) is 80.3 Å². The third-order valence-electron chi connectivity index (χ3n) is 9.00. The first-order valence-corrected chi connectivity index (χ1v) is 16.8. The number of amides is 2. The SMILES string of the molecule is CCOC(=O)CN1C(=O)[C@@H](NC(=O)C2(C(c3ccc4c(c3)CCC4)P(=O)(O)OCC)CCCC2)CCc2ccccc21. The molecule has 1 aliphatic heterocycles. The fourth-order valence-corrected chi connectivity index (χ4v) is 9.18. The van der Waals surface area contributed by atoms with Crippen LogP contribution in [0.4, 0.5) is 5.69 Å². The molecule has 2 aliphatic carbocycles. The van der Waals surface area contributed by atoms with Gasteiger partial charge in [0.05, 0.1) is 18.6 Å². The van der Waals surface area contributed by atoms with Crippen molar-refractivity contribution in [2.75, 3.05) is 24.7 Å². The summed E-state index contributed by atoms with van der Waals surface area (Å²) >= 11 is 0. The molecule has 2 amide bonds. The summed E-state index contributed by atoms with van der Waals surface area (Å²) in [6.07, 6.45) is 6.02. The Morgan fingerprint density at radius 1 is 1.02 bits per heavy atom. The van der Waals surface area contributed by atoms with Crippen LogP contribution in [0.25, 0.3) is 0 Å². The van der Waals surface area contributed by atoms with E-state index in [1.165, 1.54) is 10.5 Å². The molecule has 1 fully saturated rings. The molecule has 0 radical (unpaired) electrons. The lowest BCUT2D eigenvalue weighted by atomic mass is 9.77. The highest BCUT2D eigenvalue weighted by Crippen LogP contribution is 2.68. The third-order valence-corrected chi connectivity index (χ3v) is 11.1. The van der Waals surface area contributed by atoms with Gasteiger partial charge in [0.15, 0.2) is 0 Å².